The molecule has 2 atom stereocenters. The van der Waals surface area contributed by atoms with E-state index in [0.717, 1.165) is 12.1 Å². The minimum atomic E-state index is -1.43. The van der Waals surface area contributed by atoms with Crippen LogP contribution in [0.1, 0.15) is 45.1 Å². The van der Waals surface area contributed by atoms with Gasteiger partial charge in [0.05, 0.1) is 5.92 Å². The molecule has 0 spiro atoms. The average Bonchev–Trinajstić information content (AvgIpc) is 2.89. The van der Waals surface area contributed by atoms with Crippen molar-refractivity contribution in [1.29, 1.82) is 0 Å². The summed E-state index contributed by atoms with van der Waals surface area (Å²) in [5, 5.41) is 0. The predicted molar refractivity (Wildman–Crippen MR) is 74.6 cm³/mol. The largest absolute Gasteiger partial charge is 0.460 e. The molecule has 1 aromatic carbocycles. The maximum absolute atomic E-state index is 13.3. The van der Waals surface area contributed by atoms with E-state index in [1.54, 1.807) is 0 Å². The third-order valence-electron chi connectivity index (χ3n) is 4.60. The van der Waals surface area contributed by atoms with Crippen LogP contribution in [-0.4, -0.2) is 11.6 Å². The zero-order chi connectivity index (χ0) is 16.2. The molecule has 0 heterocycles. The Balaban J connectivity index is 1.65. The molecule has 2 nitrogen and oxygen atoms in total. The Morgan fingerprint density at radius 1 is 1.09 bits per heavy atom. The van der Waals surface area contributed by atoms with Crippen LogP contribution in [-0.2, 0) is 9.53 Å². The van der Waals surface area contributed by atoms with Gasteiger partial charge in [0.2, 0.25) is 0 Å². The fraction of sp³-hybridized carbons (Fsp3) is 0.588. The van der Waals surface area contributed by atoms with Gasteiger partial charge in [0, 0.05) is 0 Å². The molecule has 5 heteroatoms. The standard InChI is InChI=1S/C17H19F3O2/c1-17(2,3)22-16(21)14-10-4-8(5-11(10)14)9-6-12(18)15(20)13(19)7-9/h6-8,10-11,14H,4-5H2,1-3H3. The van der Waals surface area contributed by atoms with E-state index in [9.17, 15) is 18.0 Å². The fourth-order valence-electron chi connectivity index (χ4n) is 3.64. The molecule has 22 heavy (non-hydrogen) atoms. The number of fused-ring (bicyclic) bond motifs is 1. The fourth-order valence-corrected chi connectivity index (χ4v) is 3.64. The lowest BCUT2D eigenvalue weighted by atomic mass is 9.92. The molecule has 2 fully saturated rings. The second kappa shape index (κ2) is 5.00. The van der Waals surface area contributed by atoms with Gasteiger partial charge in [-0.3, -0.25) is 4.79 Å². The van der Waals surface area contributed by atoms with E-state index in [1.165, 1.54) is 0 Å². The van der Waals surface area contributed by atoms with E-state index in [1.807, 2.05) is 20.8 Å². The summed E-state index contributed by atoms with van der Waals surface area (Å²) in [4.78, 5) is 12.0. The van der Waals surface area contributed by atoms with Crippen molar-refractivity contribution in [3.8, 4) is 0 Å². The third kappa shape index (κ3) is 2.73. The van der Waals surface area contributed by atoms with Crippen molar-refractivity contribution >= 4 is 5.97 Å². The molecule has 2 unspecified atom stereocenters. The van der Waals surface area contributed by atoms with Crippen LogP contribution in [0.5, 0.6) is 0 Å². The highest BCUT2D eigenvalue weighted by Crippen LogP contribution is 2.62. The zero-order valence-electron chi connectivity index (χ0n) is 12.8. The van der Waals surface area contributed by atoms with Crippen LogP contribution in [0.15, 0.2) is 12.1 Å². The molecule has 2 aliphatic carbocycles. The molecular formula is C17H19F3O2. The molecule has 120 valence electrons. The lowest BCUT2D eigenvalue weighted by molar-refractivity contribution is -0.157. The summed E-state index contributed by atoms with van der Waals surface area (Å²) >= 11 is 0. The SMILES string of the molecule is CC(C)(C)OC(=O)C1C2CC(c3cc(F)c(F)c(F)c3)CC21. The number of hydrogen-bond donors (Lipinski definition) is 0. The van der Waals surface area contributed by atoms with E-state index in [4.69, 9.17) is 4.74 Å². The number of halogens is 3. The zero-order valence-corrected chi connectivity index (χ0v) is 12.8. The van der Waals surface area contributed by atoms with Crippen molar-refractivity contribution in [2.24, 2.45) is 17.8 Å². The van der Waals surface area contributed by atoms with Crippen LogP contribution in [0.25, 0.3) is 0 Å². The summed E-state index contributed by atoms with van der Waals surface area (Å²) in [7, 11) is 0. The lowest BCUT2D eigenvalue weighted by Gasteiger charge is -2.21. The molecule has 2 aliphatic rings. The van der Waals surface area contributed by atoms with Crippen LogP contribution in [0, 0.1) is 35.2 Å². The number of benzene rings is 1. The summed E-state index contributed by atoms with van der Waals surface area (Å²) in [6.07, 6.45) is 1.39. The highest BCUT2D eigenvalue weighted by molar-refractivity contribution is 5.77. The van der Waals surface area contributed by atoms with Crippen molar-refractivity contribution in [3.05, 3.63) is 35.1 Å². The molecule has 0 aliphatic heterocycles. The number of ether oxygens (including phenoxy) is 1. The van der Waals surface area contributed by atoms with Crippen LogP contribution in [0.3, 0.4) is 0 Å². The minimum Gasteiger partial charge on any atom is -0.460 e. The van der Waals surface area contributed by atoms with Crippen LogP contribution >= 0.6 is 0 Å². The number of esters is 1. The maximum Gasteiger partial charge on any atom is 0.310 e. The molecular weight excluding hydrogens is 293 g/mol. The smallest absolute Gasteiger partial charge is 0.310 e. The van der Waals surface area contributed by atoms with Crippen molar-refractivity contribution in [3.63, 3.8) is 0 Å². The second-order valence-electron chi connectivity index (χ2n) is 7.35. The van der Waals surface area contributed by atoms with Gasteiger partial charge >= 0.3 is 5.97 Å². The number of rotatable bonds is 2. The molecule has 0 saturated heterocycles. The molecule has 0 amide bonds. The Morgan fingerprint density at radius 2 is 1.59 bits per heavy atom. The molecule has 2 saturated carbocycles. The summed E-state index contributed by atoms with van der Waals surface area (Å²) in [6, 6.07) is 2.13. The Kier molecular flexibility index (Phi) is 3.49. The first-order valence-corrected chi connectivity index (χ1v) is 7.54. The Morgan fingerprint density at radius 3 is 2.05 bits per heavy atom. The van der Waals surface area contributed by atoms with Crippen LogP contribution in [0.4, 0.5) is 13.2 Å². The van der Waals surface area contributed by atoms with E-state index in [0.29, 0.717) is 18.4 Å². The van der Waals surface area contributed by atoms with E-state index < -0.39 is 23.1 Å². The van der Waals surface area contributed by atoms with Crippen molar-refractivity contribution in [1.82, 2.24) is 0 Å². The van der Waals surface area contributed by atoms with Gasteiger partial charge in [-0.2, -0.15) is 0 Å². The topological polar surface area (TPSA) is 26.3 Å². The second-order valence-corrected chi connectivity index (χ2v) is 7.35. The molecule has 0 bridgehead atoms. The quantitative estimate of drug-likeness (QED) is 0.605. The van der Waals surface area contributed by atoms with E-state index >= 15 is 0 Å². The number of carbonyl (C=O) groups is 1. The van der Waals surface area contributed by atoms with Gasteiger partial charge in [0.25, 0.3) is 0 Å². The summed E-state index contributed by atoms with van der Waals surface area (Å²) in [5.74, 6) is -3.59. The highest BCUT2D eigenvalue weighted by Gasteiger charge is 2.60. The first-order valence-electron chi connectivity index (χ1n) is 7.54. The maximum atomic E-state index is 13.3. The molecule has 0 N–H and O–H groups in total. The molecule has 3 rings (SSSR count). The minimum absolute atomic E-state index is 0.0155. The first kappa shape index (κ1) is 15.4. The van der Waals surface area contributed by atoms with Gasteiger partial charge in [-0.05, 0) is 69.1 Å². The molecule has 1 aromatic rings. The highest BCUT2D eigenvalue weighted by atomic mass is 19.2. The Labute approximate surface area is 127 Å². The van der Waals surface area contributed by atoms with Crippen molar-refractivity contribution in [2.45, 2.75) is 45.1 Å². The average molecular weight is 312 g/mol. The number of carbonyl (C=O) groups excluding carboxylic acids is 1. The molecule has 0 radical (unpaired) electrons. The normalized spacial score (nSPS) is 30.1. The summed E-state index contributed by atoms with van der Waals surface area (Å²) in [5.41, 5.74) is -0.0251. The van der Waals surface area contributed by atoms with E-state index in [2.05, 4.69) is 0 Å². The first-order chi connectivity index (χ1) is 10.2. The Bertz CT molecular complexity index is 586. The Hall–Kier alpha value is -1.52. The lowest BCUT2D eigenvalue weighted by Crippen LogP contribution is -2.26. The van der Waals surface area contributed by atoms with Gasteiger partial charge in [-0.15, -0.1) is 0 Å². The van der Waals surface area contributed by atoms with Crippen molar-refractivity contribution in [2.75, 3.05) is 0 Å². The van der Waals surface area contributed by atoms with Crippen molar-refractivity contribution < 1.29 is 22.7 Å². The van der Waals surface area contributed by atoms with Gasteiger partial charge in [0.1, 0.15) is 5.60 Å². The van der Waals surface area contributed by atoms with Gasteiger partial charge in [-0.25, -0.2) is 13.2 Å². The van der Waals surface area contributed by atoms with Gasteiger partial charge in [-0.1, -0.05) is 0 Å². The third-order valence-corrected chi connectivity index (χ3v) is 4.60. The van der Waals surface area contributed by atoms with Crippen LogP contribution in [0.2, 0.25) is 0 Å². The van der Waals surface area contributed by atoms with E-state index in [-0.39, 0.29) is 29.6 Å². The van der Waals surface area contributed by atoms with Gasteiger partial charge < -0.3 is 4.74 Å². The monoisotopic (exact) mass is 312 g/mol. The summed E-state index contributed by atoms with van der Waals surface area (Å²) in [6.45, 7) is 5.49. The summed E-state index contributed by atoms with van der Waals surface area (Å²) < 4.78 is 45.0. The number of hydrogen-bond acceptors (Lipinski definition) is 2. The van der Waals surface area contributed by atoms with Gasteiger partial charge in [0.15, 0.2) is 17.5 Å². The predicted octanol–water partition coefficient (Wildman–Crippen LogP) is 4.19. The molecule has 0 aromatic heterocycles. The van der Waals surface area contributed by atoms with Crippen LogP contribution < -0.4 is 0 Å².